The average molecular weight is 170 g/mol. The van der Waals surface area contributed by atoms with Crippen molar-refractivity contribution in [2.45, 2.75) is 18.8 Å². The number of rotatable bonds is 3. The van der Waals surface area contributed by atoms with Gasteiger partial charge in [-0.15, -0.1) is 6.58 Å². The number of hydrogen-bond acceptors (Lipinski definition) is 0. The highest BCUT2D eigenvalue weighted by atomic mass is 14.2. The van der Waals surface area contributed by atoms with E-state index in [-0.39, 0.29) is 0 Å². The van der Waals surface area contributed by atoms with Gasteiger partial charge in [0.2, 0.25) is 0 Å². The molecule has 1 aromatic carbocycles. The minimum Gasteiger partial charge on any atom is -0.103 e. The standard InChI is InChI=1S/C13H14/c1-2-3-6-11-9-10-12-7-4-5-8-13(11)12/h2,4-5,7-11H,1,3,6H2. The maximum atomic E-state index is 3.75. The predicted molar refractivity (Wildman–Crippen MR) is 57.6 cm³/mol. The summed E-state index contributed by atoms with van der Waals surface area (Å²) in [5.74, 6) is 0.620. The molecule has 1 aromatic rings. The fraction of sp³-hybridized carbons (Fsp3) is 0.231. The molecule has 0 amide bonds. The summed E-state index contributed by atoms with van der Waals surface area (Å²) in [5, 5.41) is 0. The van der Waals surface area contributed by atoms with E-state index in [1.165, 1.54) is 17.5 Å². The van der Waals surface area contributed by atoms with Gasteiger partial charge in [0.1, 0.15) is 0 Å². The van der Waals surface area contributed by atoms with Crippen LogP contribution in [0.3, 0.4) is 0 Å². The molecule has 1 aliphatic carbocycles. The highest BCUT2D eigenvalue weighted by Gasteiger charge is 2.14. The Morgan fingerprint density at radius 1 is 1.31 bits per heavy atom. The summed E-state index contributed by atoms with van der Waals surface area (Å²) in [6.45, 7) is 3.75. The Bertz CT molecular complexity index is 334. The van der Waals surface area contributed by atoms with E-state index >= 15 is 0 Å². The van der Waals surface area contributed by atoms with Crippen LogP contribution >= 0.6 is 0 Å². The predicted octanol–water partition coefficient (Wildman–Crippen LogP) is 3.76. The molecule has 0 radical (unpaired) electrons. The smallest absolute Gasteiger partial charge is 0.00301 e. The zero-order valence-corrected chi connectivity index (χ0v) is 7.74. The third-order valence-electron chi connectivity index (χ3n) is 2.59. The third kappa shape index (κ3) is 1.57. The second-order valence-corrected chi connectivity index (χ2v) is 3.46. The third-order valence-corrected chi connectivity index (χ3v) is 2.59. The van der Waals surface area contributed by atoms with Crippen molar-refractivity contribution in [1.82, 2.24) is 0 Å². The first-order valence-corrected chi connectivity index (χ1v) is 4.80. The summed E-state index contributed by atoms with van der Waals surface area (Å²) in [6.07, 6.45) is 8.81. The number of hydrogen-bond donors (Lipinski definition) is 0. The average Bonchev–Trinajstić information content (AvgIpc) is 2.58. The molecule has 0 spiro atoms. The van der Waals surface area contributed by atoms with Gasteiger partial charge in [-0.25, -0.2) is 0 Å². The summed E-state index contributed by atoms with van der Waals surface area (Å²) < 4.78 is 0. The molecule has 0 nitrogen and oxygen atoms in total. The van der Waals surface area contributed by atoms with E-state index in [2.05, 4.69) is 43.0 Å². The van der Waals surface area contributed by atoms with Gasteiger partial charge in [0.15, 0.2) is 0 Å². The SMILES string of the molecule is C=CCCC1C=Cc2ccccc21. The molecule has 0 aliphatic heterocycles. The Balaban J connectivity index is 2.18. The molecule has 0 aromatic heterocycles. The van der Waals surface area contributed by atoms with E-state index < -0.39 is 0 Å². The minimum atomic E-state index is 0.620. The van der Waals surface area contributed by atoms with E-state index in [0.29, 0.717) is 5.92 Å². The molecule has 0 heterocycles. The van der Waals surface area contributed by atoms with Crippen LogP contribution in [0.5, 0.6) is 0 Å². The highest BCUT2D eigenvalue weighted by Crippen LogP contribution is 2.32. The van der Waals surface area contributed by atoms with Gasteiger partial charge in [0.05, 0.1) is 0 Å². The zero-order valence-electron chi connectivity index (χ0n) is 7.74. The second kappa shape index (κ2) is 3.61. The van der Waals surface area contributed by atoms with Crippen LogP contribution in [-0.4, -0.2) is 0 Å². The Labute approximate surface area is 79.6 Å². The number of fused-ring (bicyclic) bond motifs is 1. The summed E-state index contributed by atoms with van der Waals surface area (Å²) in [6, 6.07) is 8.62. The van der Waals surface area contributed by atoms with Crippen molar-refractivity contribution in [3.8, 4) is 0 Å². The molecule has 1 unspecified atom stereocenters. The van der Waals surface area contributed by atoms with Crippen LogP contribution in [0.15, 0.2) is 43.0 Å². The van der Waals surface area contributed by atoms with Gasteiger partial charge in [-0.3, -0.25) is 0 Å². The van der Waals surface area contributed by atoms with E-state index in [9.17, 15) is 0 Å². The van der Waals surface area contributed by atoms with Gasteiger partial charge >= 0.3 is 0 Å². The molecule has 1 atom stereocenters. The summed E-state index contributed by atoms with van der Waals surface area (Å²) in [7, 11) is 0. The lowest BCUT2D eigenvalue weighted by molar-refractivity contribution is 0.761. The topological polar surface area (TPSA) is 0 Å². The van der Waals surface area contributed by atoms with Gasteiger partial charge in [0.25, 0.3) is 0 Å². The highest BCUT2D eigenvalue weighted by molar-refractivity contribution is 5.62. The normalized spacial score (nSPS) is 18.6. The van der Waals surface area contributed by atoms with Gasteiger partial charge in [0, 0.05) is 5.92 Å². The van der Waals surface area contributed by atoms with Crippen LogP contribution in [0, 0.1) is 0 Å². The van der Waals surface area contributed by atoms with Crippen molar-refractivity contribution < 1.29 is 0 Å². The lowest BCUT2D eigenvalue weighted by atomic mass is 9.96. The Morgan fingerprint density at radius 3 is 3.00 bits per heavy atom. The summed E-state index contributed by atoms with van der Waals surface area (Å²) >= 11 is 0. The van der Waals surface area contributed by atoms with Crippen LogP contribution in [-0.2, 0) is 0 Å². The summed E-state index contributed by atoms with van der Waals surface area (Å²) in [5.41, 5.74) is 2.86. The minimum absolute atomic E-state index is 0.620. The van der Waals surface area contributed by atoms with Crippen LogP contribution in [0.1, 0.15) is 29.9 Å². The van der Waals surface area contributed by atoms with Gasteiger partial charge in [-0.05, 0) is 24.0 Å². The maximum Gasteiger partial charge on any atom is 0.00301 e. The van der Waals surface area contributed by atoms with Gasteiger partial charge < -0.3 is 0 Å². The van der Waals surface area contributed by atoms with E-state index in [0.717, 1.165) is 6.42 Å². The molecule has 13 heavy (non-hydrogen) atoms. The van der Waals surface area contributed by atoms with E-state index in [1.807, 2.05) is 6.08 Å². The first-order chi connectivity index (χ1) is 6.42. The molecule has 0 saturated heterocycles. The monoisotopic (exact) mass is 170 g/mol. The van der Waals surface area contributed by atoms with Crippen molar-refractivity contribution in [2.24, 2.45) is 0 Å². The molecular weight excluding hydrogens is 156 g/mol. The molecule has 0 N–H and O–H groups in total. The Hall–Kier alpha value is -1.30. The lowest BCUT2D eigenvalue weighted by Crippen LogP contribution is -1.91. The molecule has 0 fully saturated rings. The van der Waals surface area contributed by atoms with Gasteiger partial charge in [-0.1, -0.05) is 42.5 Å². The van der Waals surface area contributed by atoms with E-state index in [4.69, 9.17) is 0 Å². The molecule has 66 valence electrons. The largest absolute Gasteiger partial charge is 0.103 e. The molecule has 1 aliphatic rings. The van der Waals surface area contributed by atoms with Gasteiger partial charge in [-0.2, -0.15) is 0 Å². The molecular formula is C13H14. The molecule has 0 saturated carbocycles. The van der Waals surface area contributed by atoms with Crippen LogP contribution in [0.4, 0.5) is 0 Å². The quantitative estimate of drug-likeness (QED) is 0.606. The fourth-order valence-corrected chi connectivity index (χ4v) is 1.87. The maximum absolute atomic E-state index is 3.75. The van der Waals surface area contributed by atoms with Crippen molar-refractivity contribution in [2.75, 3.05) is 0 Å². The molecule has 0 heteroatoms. The Kier molecular flexibility index (Phi) is 2.31. The van der Waals surface area contributed by atoms with Crippen molar-refractivity contribution in [3.05, 3.63) is 54.1 Å². The van der Waals surface area contributed by atoms with Crippen molar-refractivity contribution in [1.29, 1.82) is 0 Å². The fourth-order valence-electron chi connectivity index (χ4n) is 1.87. The second-order valence-electron chi connectivity index (χ2n) is 3.46. The lowest BCUT2D eigenvalue weighted by Gasteiger charge is -2.08. The van der Waals surface area contributed by atoms with E-state index in [1.54, 1.807) is 0 Å². The van der Waals surface area contributed by atoms with Crippen LogP contribution in [0.25, 0.3) is 6.08 Å². The summed E-state index contributed by atoms with van der Waals surface area (Å²) in [4.78, 5) is 0. The number of allylic oxidation sites excluding steroid dienone is 2. The van der Waals surface area contributed by atoms with Crippen molar-refractivity contribution >= 4 is 6.08 Å². The first-order valence-electron chi connectivity index (χ1n) is 4.80. The Morgan fingerprint density at radius 2 is 2.15 bits per heavy atom. The van der Waals surface area contributed by atoms with Crippen molar-refractivity contribution in [3.63, 3.8) is 0 Å². The number of benzene rings is 1. The van der Waals surface area contributed by atoms with Crippen LogP contribution < -0.4 is 0 Å². The first kappa shape index (κ1) is 8.31. The van der Waals surface area contributed by atoms with Crippen LogP contribution in [0.2, 0.25) is 0 Å². The zero-order chi connectivity index (χ0) is 9.10. The molecule has 0 bridgehead atoms. The molecule has 2 rings (SSSR count).